The summed E-state index contributed by atoms with van der Waals surface area (Å²) in [6, 6.07) is 12.3. The van der Waals surface area contributed by atoms with Gasteiger partial charge >= 0.3 is 0 Å². The van der Waals surface area contributed by atoms with E-state index in [1.807, 2.05) is 36.4 Å². The Hall–Kier alpha value is -1.66. The van der Waals surface area contributed by atoms with Gasteiger partial charge in [-0.1, -0.05) is 47.5 Å². The van der Waals surface area contributed by atoms with Crippen LogP contribution in [0.3, 0.4) is 0 Å². The summed E-state index contributed by atoms with van der Waals surface area (Å²) < 4.78 is 0. The van der Waals surface area contributed by atoms with E-state index in [9.17, 15) is 4.79 Å². The Morgan fingerprint density at radius 1 is 1.04 bits per heavy atom. The van der Waals surface area contributed by atoms with Crippen molar-refractivity contribution in [1.82, 2.24) is 9.88 Å². The van der Waals surface area contributed by atoms with Crippen molar-refractivity contribution in [3.8, 4) is 0 Å². The molecular formula is C18H20Cl2N4O. The van der Waals surface area contributed by atoms with Crippen LogP contribution in [0.2, 0.25) is 10.2 Å². The topological polar surface area (TPSA) is 62.5 Å². The van der Waals surface area contributed by atoms with Gasteiger partial charge < -0.3 is 15.4 Å². The van der Waals surface area contributed by atoms with Crippen LogP contribution in [0.15, 0.2) is 42.5 Å². The SMILES string of the molecule is NC(C=O)C(c1ccccc1Cl)N1CCN(c2cccc(Cl)n2)CC1. The first-order valence-corrected chi connectivity index (χ1v) is 8.92. The summed E-state index contributed by atoms with van der Waals surface area (Å²) in [5.74, 6) is 0.862. The minimum atomic E-state index is -0.629. The monoisotopic (exact) mass is 378 g/mol. The third kappa shape index (κ3) is 4.12. The molecule has 2 unspecified atom stereocenters. The number of hydrogen-bond donors (Lipinski definition) is 1. The van der Waals surface area contributed by atoms with E-state index in [2.05, 4.69) is 14.8 Å². The Kier molecular flexibility index (Phi) is 5.91. The van der Waals surface area contributed by atoms with E-state index < -0.39 is 6.04 Å². The Bertz CT molecular complexity index is 735. The molecule has 2 aromatic rings. The molecule has 1 fully saturated rings. The molecule has 1 aromatic carbocycles. The number of carbonyl (C=O) groups excluding carboxylic acids is 1. The first-order valence-electron chi connectivity index (χ1n) is 8.17. The number of benzene rings is 1. The van der Waals surface area contributed by atoms with Crippen LogP contribution in [0.4, 0.5) is 5.82 Å². The lowest BCUT2D eigenvalue weighted by Gasteiger charge is -2.41. The summed E-state index contributed by atoms with van der Waals surface area (Å²) in [7, 11) is 0. The highest BCUT2D eigenvalue weighted by molar-refractivity contribution is 6.31. The molecule has 0 bridgehead atoms. The lowest BCUT2D eigenvalue weighted by molar-refractivity contribution is -0.110. The summed E-state index contributed by atoms with van der Waals surface area (Å²) in [4.78, 5) is 20.1. The standard InChI is InChI=1S/C18H20Cl2N4O/c19-14-5-2-1-4-13(14)18(15(21)12-25)24-10-8-23(9-11-24)17-7-3-6-16(20)22-17/h1-7,12,15,18H,8-11,21H2. The quantitative estimate of drug-likeness (QED) is 0.640. The van der Waals surface area contributed by atoms with Gasteiger partial charge in [0.2, 0.25) is 0 Å². The number of anilines is 1. The van der Waals surface area contributed by atoms with Crippen LogP contribution in [0, 0.1) is 0 Å². The number of aldehydes is 1. The summed E-state index contributed by atoms with van der Waals surface area (Å²) in [6.07, 6.45) is 0.791. The van der Waals surface area contributed by atoms with E-state index in [0.29, 0.717) is 10.2 Å². The molecule has 132 valence electrons. The maximum atomic E-state index is 11.4. The van der Waals surface area contributed by atoms with Crippen molar-refractivity contribution in [2.24, 2.45) is 5.73 Å². The highest BCUT2D eigenvalue weighted by atomic mass is 35.5. The molecule has 0 spiro atoms. The van der Waals surface area contributed by atoms with Crippen LogP contribution >= 0.6 is 23.2 Å². The van der Waals surface area contributed by atoms with Crippen molar-refractivity contribution in [3.63, 3.8) is 0 Å². The van der Waals surface area contributed by atoms with Crippen LogP contribution < -0.4 is 10.6 Å². The molecule has 0 amide bonds. The molecule has 1 aromatic heterocycles. The van der Waals surface area contributed by atoms with Gasteiger partial charge in [-0.3, -0.25) is 4.90 Å². The summed E-state index contributed by atoms with van der Waals surface area (Å²) in [6.45, 7) is 3.07. The second-order valence-electron chi connectivity index (χ2n) is 6.02. The number of nitrogens with two attached hydrogens (primary N) is 1. The molecule has 3 rings (SSSR count). The Labute approximate surface area is 157 Å². The number of rotatable bonds is 5. The zero-order chi connectivity index (χ0) is 17.8. The van der Waals surface area contributed by atoms with Gasteiger partial charge in [0.25, 0.3) is 0 Å². The average Bonchev–Trinajstić information content (AvgIpc) is 2.64. The molecule has 1 aliphatic heterocycles. The molecular weight excluding hydrogens is 359 g/mol. The summed E-state index contributed by atoms with van der Waals surface area (Å²) in [5.41, 5.74) is 6.99. The van der Waals surface area contributed by atoms with Crippen molar-refractivity contribution < 1.29 is 4.79 Å². The molecule has 2 atom stereocenters. The van der Waals surface area contributed by atoms with E-state index in [0.717, 1.165) is 43.8 Å². The van der Waals surface area contributed by atoms with Gasteiger partial charge in [-0.05, 0) is 23.8 Å². The lowest BCUT2D eigenvalue weighted by Crippen LogP contribution is -2.52. The third-order valence-corrected chi connectivity index (χ3v) is 5.03. The normalized spacial score (nSPS) is 18.0. The van der Waals surface area contributed by atoms with E-state index in [1.54, 1.807) is 6.07 Å². The molecule has 0 aliphatic carbocycles. The number of halogens is 2. The van der Waals surface area contributed by atoms with Crippen molar-refractivity contribution in [2.75, 3.05) is 31.1 Å². The number of pyridine rings is 1. The van der Waals surface area contributed by atoms with Gasteiger partial charge in [0, 0.05) is 31.2 Å². The van der Waals surface area contributed by atoms with Crippen LogP contribution in [0.25, 0.3) is 0 Å². The predicted octanol–water partition coefficient (Wildman–Crippen LogP) is 2.78. The largest absolute Gasteiger partial charge is 0.354 e. The molecule has 1 saturated heterocycles. The van der Waals surface area contributed by atoms with Crippen LogP contribution in [0.5, 0.6) is 0 Å². The van der Waals surface area contributed by atoms with E-state index in [4.69, 9.17) is 28.9 Å². The van der Waals surface area contributed by atoms with Gasteiger partial charge in [-0.25, -0.2) is 4.98 Å². The molecule has 1 aliphatic rings. The molecule has 0 saturated carbocycles. The van der Waals surface area contributed by atoms with Gasteiger partial charge in [-0.15, -0.1) is 0 Å². The molecule has 7 heteroatoms. The maximum Gasteiger partial charge on any atom is 0.138 e. The zero-order valence-electron chi connectivity index (χ0n) is 13.7. The van der Waals surface area contributed by atoms with Gasteiger partial charge in [0.15, 0.2) is 0 Å². The van der Waals surface area contributed by atoms with E-state index in [-0.39, 0.29) is 6.04 Å². The second kappa shape index (κ2) is 8.15. The van der Waals surface area contributed by atoms with Gasteiger partial charge in [0.1, 0.15) is 17.3 Å². The molecule has 25 heavy (non-hydrogen) atoms. The minimum absolute atomic E-state index is 0.235. The summed E-state index contributed by atoms with van der Waals surface area (Å²) >= 11 is 12.3. The molecule has 2 N–H and O–H groups in total. The highest BCUT2D eigenvalue weighted by Crippen LogP contribution is 2.30. The van der Waals surface area contributed by atoms with Crippen LogP contribution in [0.1, 0.15) is 11.6 Å². The fourth-order valence-corrected chi connectivity index (χ4v) is 3.65. The van der Waals surface area contributed by atoms with Gasteiger partial charge in [-0.2, -0.15) is 0 Å². The zero-order valence-corrected chi connectivity index (χ0v) is 15.2. The highest BCUT2D eigenvalue weighted by Gasteiger charge is 2.31. The summed E-state index contributed by atoms with van der Waals surface area (Å²) in [5, 5.41) is 1.11. The smallest absolute Gasteiger partial charge is 0.138 e. The molecule has 5 nitrogen and oxygen atoms in total. The number of aromatic nitrogens is 1. The van der Waals surface area contributed by atoms with Crippen molar-refractivity contribution >= 4 is 35.3 Å². The number of piperazine rings is 1. The number of hydrogen-bond acceptors (Lipinski definition) is 5. The predicted molar refractivity (Wildman–Crippen MR) is 101 cm³/mol. The Morgan fingerprint density at radius 3 is 2.40 bits per heavy atom. The van der Waals surface area contributed by atoms with Gasteiger partial charge in [0.05, 0.1) is 12.1 Å². The number of nitrogens with zero attached hydrogens (tertiary/aromatic N) is 3. The lowest BCUT2D eigenvalue weighted by atomic mass is 9.98. The minimum Gasteiger partial charge on any atom is -0.354 e. The van der Waals surface area contributed by atoms with Crippen LogP contribution in [-0.2, 0) is 4.79 Å². The fraction of sp³-hybridized carbons (Fsp3) is 0.333. The maximum absolute atomic E-state index is 11.4. The Balaban J connectivity index is 1.76. The Morgan fingerprint density at radius 2 is 1.76 bits per heavy atom. The van der Waals surface area contributed by atoms with Crippen LogP contribution in [-0.4, -0.2) is 48.4 Å². The molecule has 2 heterocycles. The average molecular weight is 379 g/mol. The molecule has 0 radical (unpaired) electrons. The van der Waals surface area contributed by atoms with E-state index >= 15 is 0 Å². The fourth-order valence-electron chi connectivity index (χ4n) is 3.24. The second-order valence-corrected chi connectivity index (χ2v) is 6.82. The van der Waals surface area contributed by atoms with Crippen molar-refractivity contribution in [3.05, 3.63) is 58.2 Å². The van der Waals surface area contributed by atoms with Crippen molar-refractivity contribution in [1.29, 1.82) is 0 Å². The first kappa shape index (κ1) is 18.1. The first-order chi connectivity index (χ1) is 12.1. The van der Waals surface area contributed by atoms with E-state index in [1.165, 1.54) is 0 Å². The third-order valence-electron chi connectivity index (χ3n) is 4.48. The number of carbonyl (C=O) groups is 1. The van der Waals surface area contributed by atoms with Crippen molar-refractivity contribution in [2.45, 2.75) is 12.1 Å².